The molecule has 0 aromatic heterocycles. The quantitative estimate of drug-likeness (QED) is 0.873. The molecule has 2 aliphatic rings. The number of nitrogens with one attached hydrogen (secondary N) is 1. The van der Waals surface area contributed by atoms with E-state index < -0.39 is 9.84 Å². The molecule has 1 aliphatic heterocycles. The summed E-state index contributed by atoms with van der Waals surface area (Å²) in [6.07, 6.45) is 3.65. The van der Waals surface area contributed by atoms with E-state index in [1.807, 2.05) is 6.07 Å². The molecule has 1 fully saturated rings. The van der Waals surface area contributed by atoms with Crippen molar-refractivity contribution in [3.8, 4) is 0 Å². The van der Waals surface area contributed by atoms with Crippen LogP contribution in [0.2, 0.25) is 0 Å². The summed E-state index contributed by atoms with van der Waals surface area (Å²) in [7, 11) is -3.26. The lowest BCUT2D eigenvalue weighted by Crippen LogP contribution is -2.35. The number of hydrogen-bond acceptors (Lipinski definition) is 4. The summed E-state index contributed by atoms with van der Waals surface area (Å²) in [4.78, 5) is 0.412. The summed E-state index contributed by atoms with van der Waals surface area (Å²) < 4.78 is 24.1. The zero-order chi connectivity index (χ0) is 13.5. The monoisotopic (exact) mass is 278 g/mol. The maximum absolute atomic E-state index is 12.1. The maximum Gasteiger partial charge on any atom is 0.200 e. The van der Waals surface area contributed by atoms with Crippen LogP contribution in [0.3, 0.4) is 0 Å². The van der Waals surface area contributed by atoms with E-state index in [1.165, 1.54) is 24.7 Å². The van der Waals surface area contributed by atoms with Crippen molar-refractivity contribution in [2.75, 3.05) is 6.54 Å². The number of hydrogen-bond donors (Lipinski definition) is 2. The van der Waals surface area contributed by atoms with Crippen LogP contribution in [-0.4, -0.2) is 21.0 Å². The van der Waals surface area contributed by atoms with Crippen molar-refractivity contribution >= 4 is 15.4 Å². The first kappa shape index (κ1) is 12.8. The summed E-state index contributed by atoms with van der Waals surface area (Å²) in [5.41, 5.74) is 8.26. The van der Waals surface area contributed by atoms with Gasteiger partial charge in [-0.3, -0.25) is 0 Å². The van der Waals surface area contributed by atoms with Crippen LogP contribution in [-0.2, 0) is 16.4 Å². The van der Waals surface area contributed by atoms with Crippen molar-refractivity contribution in [3.05, 3.63) is 34.7 Å². The summed E-state index contributed by atoms with van der Waals surface area (Å²) in [5.74, 6) is 0. The highest BCUT2D eigenvalue weighted by molar-refractivity contribution is 7.95. The average Bonchev–Trinajstić information content (AvgIpc) is 2.59. The van der Waals surface area contributed by atoms with E-state index in [2.05, 4.69) is 5.32 Å². The highest BCUT2D eigenvalue weighted by atomic mass is 32.2. The zero-order valence-corrected chi connectivity index (χ0v) is 11.5. The fraction of sp³-hybridized carbons (Fsp3) is 0.429. The molecule has 0 atom stereocenters. The van der Waals surface area contributed by atoms with Gasteiger partial charge in [0.25, 0.3) is 0 Å². The normalized spacial score (nSPS) is 20.8. The molecule has 5 heteroatoms. The first-order valence-corrected chi connectivity index (χ1v) is 8.17. The van der Waals surface area contributed by atoms with Gasteiger partial charge in [0.15, 0.2) is 0 Å². The van der Waals surface area contributed by atoms with Crippen LogP contribution in [0.25, 0.3) is 5.57 Å². The second-order valence-electron chi connectivity index (χ2n) is 5.23. The summed E-state index contributed by atoms with van der Waals surface area (Å²) in [5, 5.41) is 4.81. The molecule has 0 spiro atoms. The second-order valence-corrected chi connectivity index (χ2v) is 7.00. The smallest absolute Gasteiger partial charge is 0.200 e. The highest BCUT2D eigenvalue weighted by Crippen LogP contribution is 2.34. The molecule has 0 bridgehead atoms. The molecule has 0 unspecified atom stereocenters. The molecule has 0 saturated heterocycles. The van der Waals surface area contributed by atoms with Gasteiger partial charge in [-0.25, -0.2) is 8.42 Å². The van der Waals surface area contributed by atoms with Gasteiger partial charge in [0.2, 0.25) is 9.84 Å². The molecule has 3 rings (SSSR count). The molecule has 0 amide bonds. The van der Waals surface area contributed by atoms with Crippen LogP contribution in [0.15, 0.2) is 28.5 Å². The van der Waals surface area contributed by atoms with E-state index in [0.717, 1.165) is 16.7 Å². The van der Waals surface area contributed by atoms with Gasteiger partial charge in [0, 0.05) is 24.5 Å². The molecular formula is C14H18N2O2S. The lowest BCUT2D eigenvalue weighted by Gasteiger charge is -2.26. The van der Waals surface area contributed by atoms with Gasteiger partial charge >= 0.3 is 0 Å². The van der Waals surface area contributed by atoms with E-state index in [1.54, 1.807) is 12.1 Å². The fourth-order valence-electron chi connectivity index (χ4n) is 2.52. The highest BCUT2D eigenvalue weighted by Gasteiger charge is 2.27. The van der Waals surface area contributed by atoms with Crippen LogP contribution >= 0.6 is 0 Å². The van der Waals surface area contributed by atoms with Crippen LogP contribution < -0.4 is 11.1 Å². The minimum atomic E-state index is -3.26. The number of rotatable bonds is 4. The Kier molecular flexibility index (Phi) is 3.20. The van der Waals surface area contributed by atoms with Crippen LogP contribution in [0.1, 0.15) is 30.4 Å². The molecule has 0 radical (unpaired) electrons. The summed E-state index contributed by atoms with van der Waals surface area (Å²) >= 11 is 0. The van der Waals surface area contributed by atoms with Crippen molar-refractivity contribution in [2.24, 2.45) is 5.73 Å². The molecule has 19 heavy (non-hydrogen) atoms. The molecule has 4 nitrogen and oxygen atoms in total. The van der Waals surface area contributed by atoms with Gasteiger partial charge in [-0.1, -0.05) is 12.5 Å². The van der Waals surface area contributed by atoms with Gasteiger partial charge in [0.1, 0.15) is 0 Å². The Morgan fingerprint density at radius 3 is 2.74 bits per heavy atom. The predicted molar refractivity (Wildman–Crippen MR) is 75.1 cm³/mol. The van der Waals surface area contributed by atoms with E-state index in [0.29, 0.717) is 24.0 Å². The van der Waals surface area contributed by atoms with E-state index in [4.69, 9.17) is 5.73 Å². The summed E-state index contributed by atoms with van der Waals surface area (Å²) in [6, 6.07) is 5.89. The third kappa shape index (κ3) is 2.33. The SMILES string of the molecule is NCc1ccc2c(c1)C(CNC1CCC1)=CS2(=O)=O. The Balaban J connectivity index is 1.89. The van der Waals surface area contributed by atoms with Gasteiger partial charge in [-0.2, -0.15) is 0 Å². The second kappa shape index (κ2) is 4.74. The van der Waals surface area contributed by atoms with Crippen molar-refractivity contribution in [1.29, 1.82) is 0 Å². The lowest BCUT2D eigenvalue weighted by atomic mass is 9.93. The van der Waals surface area contributed by atoms with Crippen LogP contribution in [0.5, 0.6) is 0 Å². The van der Waals surface area contributed by atoms with Gasteiger partial charge in [0.05, 0.1) is 4.90 Å². The first-order chi connectivity index (χ1) is 9.10. The Labute approximate surface area is 113 Å². The third-order valence-electron chi connectivity index (χ3n) is 3.92. The van der Waals surface area contributed by atoms with Crippen LogP contribution in [0.4, 0.5) is 0 Å². The van der Waals surface area contributed by atoms with E-state index in [9.17, 15) is 8.42 Å². The number of fused-ring (bicyclic) bond motifs is 1. The molecule has 1 aromatic carbocycles. The standard InChI is InChI=1S/C14H18N2O2S/c15-7-10-4-5-14-13(6-10)11(9-19(14,17)18)8-16-12-2-1-3-12/h4-6,9,12,16H,1-3,7-8,15H2. The number of sulfone groups is 1. The van der Waals surface area contributed by atoms with Gasteiger partial charge in [-0.15, -0.1) is 0 Å². The van der Waals surface area contributed by atoms with Crippen molar-refractivity contribution < 1.29 is 8.42 Å². The Hall–Kier alpha value is -1.17. The van der Waals surface area contributed by atoms with E-state index >= 15 is 0 Å². The van der Waals surface area contributed by atoms with Crippen molar-refractivity contribution in [2.45, 2.75) is 36.7 Å². The first-order valence-electron chi connectivity index (χ1n) is 6.62. The third-order valence-corrected chi connectivity index (χ3v) is 5.48. The Morgan fingerprint density at radius 1 is 1.32 bits per heavy atom. The molecule has 1 aromatic rings. The topological polar surface area (TPSA) is 72.2 Å². The number of nitrogens with two attached hydrogens (primary N) is 1. The largest absolute Gasteiger partial charge is 0.326 e. The minimum Gasteiger partial charge on any atom is -0.326 e. The van der Waals surface area contributed by atoms with Crippen molar-refractivity contribution in [3.63, 3.8) is 0 Å². The maximum atomic E-state index is 12.1. The summed E-state index contributed by atoms with van der Waals surface area (Å²) in [6.45, 7) is 1.04. The Morgan fingerprint density at radius 2 is 2.11 bits per heavy atom. The molecule has 1 saturated carbocycles. The molecule has 102 valence electrons. The number of benzene rings is 1. The molecule has 1 heterocycles. The van der Waals surface area contributed by atoms with Gasteiger partial charge < -0.3 is 11.1 Å². The Bertz CT molecular complexity index is 631. The zero-order valence-electron chi connectivity index (χ0n) is 10.7. The predicted octanol–water partition coefficient (Wildman–Crippen LogP) is 1.42. The fourth-order valence-corrected chi connectivity index (χ4v) is 3.99. The van der Waals surface area contributed by atoms with Crippen LogP contribution in [0, 0.1) is 0 Å². The van der Waals surface area contributed by atoms with E-state index in [-0.39, 0.29) is 0 Å². The minimum absolute atomic E-state index is 0.412. The molecular weight excluding hydrogens is 260 g/mol. The molecule has 3 N–H and O–H groups in total. The van der Waals surface area contributed by atoms with Gasteiger partial charge in [-0.05, 0) is 41.7 Å². The van der Waals surface area contributed by atoms with Crippen molar-refractivity contribution in [1.82, 2.24) is 5.32 Å². The average molecular weight is 278 g/mol. The molecule has 1 aliphatic carbocycles. The lowest BCUT2D eigenvalue weighted by molar-refractivity contribution is 0.353.